The van der Waals surface area contributed by atoms with Crippen LogP contribution in [-0.2, 0) is 110 Å². The summed E-state index contributed by atoms with van der Waals surface area (Å²) in [7, 11) is 0. The minimum absolute atomic E-state index is 0.0475. The summed E-state index contributed by atoms with van der Waals surface area (Å²) < 4.78 is 0. The number of carbonyl (C=O) groups is 16. The average Bonchev–Trinajstić information content (AvgIpc) is 1.69. The molecule has 137 heavy (non-hydrogen) atoms. The SMILES string of the molecule is CC(C)[C@H](NC(=O)[C@@H](N)Cc1c[nH]c2ccccc12)C(=O)N1CCC[C@H]1C(=O)NCC(=O)N[C@@H](Cc1ccccc1)C(=O)N[C@@H](Cc1c[nH]c2ccccc12)C(=O)N[C@@H](Cc1ccc(O)cc1)C(=O)N[C@@H](Cc1c[nH]cn1)C(=O)N[C@@H](Cc1ccc(O)cc1)C(=O)N[C@@H](CCCCN)C(=O)NCC(=O)NCC(=O)NCC(=O)N[C@@H](CCCCNC(=O)CCCC[C@@H]1SC[C@@H]2NC(=O)N[C@@H]21)C(N)=O. The minimum Gasteiger partial charge on any atom is -0.508 e. The quantitative estimate of drug-likeness (QED) is 0.0168. The molecule has 0 bridgehead atoms. The van der Waals surface area contributed by atoms with Crippen LogP contribution >= 0.6 is 11.8 Å². The molecule has 17 amide bonds. The smallest absolute Gasteiger partial charge is 0.315 e. The molecule has 3 aromatic heterocycles. The molecule has 732 valence electrons. The molecule has 0 spiro atoms. The maximum atomic E-state index is 15.6. The number of aromatic hydroxyl groups is 2. The summed E-state index contributed by atoms with van der Waals surface area (Å²) in [5.41, 5.74) is 22.4. The van der Waals surface area contributed by atoms with Gasteiger partial charge in [-0.15, -0.1) is 0 Å². The minimum atomic E-state index is -1.64. The van der Waals surface area contributed by atoms with Crippen LogP contribution in [0.1, 0.15) is 124 Å². The highest BCUT2D eigenvalue weighted by Gasteiger charge is 2.44. The van der Waals surface area contributed by atoms with Gasteiger partial charge in [-0.3, -0.25) is 71.9 Å². The number of aromatic amines is 3. The molecule has 0 saturated carbocycles. The van der Waals surface area contributed by atoms with Gasteiger partial charge in [-0.2, -0.15) is 11.8 Å². The second kappa shape index (κ2) is 51.3. The molecule has 0 aliphatic carbocycles. The number of nitrogens with zero attached hydrogens (tertiary/aromatic N) is 2. The lowest BCUT2D eigenvalue weighted by Gasteiger charge is -2.31. The summed E-state index contributed by atoms with van der Waals surface area (Å²) in [6.45, 7) is 1.53. The van der Waals surface area contributed by atoms with Crippen LogP contribution in [0.25, 0.3) is 21.8 Å². The van der Waals surface area contributed by atoms with Crippen molar-refractivity contribution >= 4 is 128 Å². The van der Waals surface area contributed by atoms with Gasteiger partial charge < -0.3 is 127 Å². The molecular formula is C95H123N23O18S. The van der Waals surface area contributed by atoms with Crippen molar-refractivity contribution in [3.8, 4) is 11.5 Å². The number of fused-ring (bicyclic) bond motifs is 3. The van der Waals surface area contributed by atoms with Crippen molar-refractivity contribution in [3.05, 3.63) is 186 Å². The topological polar surface area (TPSA) is 636 Å². The van der Waals surface area contributed by atoms with Crippen molar-refractivity contribution in [1.29, 1.82) is 0 Å². The van der Waals surface area contributed by atoms with Crippen LogP contribution in [0, 0.1) is 5.92 Å². The Morgan fingerprint density at radius 1 is 0.489 bits per heavy atom. The molecule has 8 aromatic rings. The lowest BCUT2D eigenvalue weighted by atomic mass is 10.00. The molecule has 0 unspecified atom stereocenters. The summed E-state index contributed by atoms with van der Waals surface area (Å²) in [5.74, 6) is -11.4. The van der Waals surface area contributed by atoms with Crippen molar-refractivity contribution < 1.29 is 86.9 Å². The Bertz CT molecular complexity index is 5510. The van der Waals surface area contributed by atoms with E-state index in [1.54, 1.807) is 80.8 Å². The van der Waals surface area contributed by atoms with E-state index in [0.717, 1.165) is 35.1 Å². The Kier molecular flexibility index (Phi) is 38.6. The zero-order chi connectivity index (χ0) is 98.0. The summed E-state index contributed by atoms with van der Waals surface area (Å²) in [6, 6.07) is 21.3. The third-order valence-corrected chi connectivity index (χ3v) is 25.6. The number of thioether (sulfide) groups is 1. The first-order valence-corrected chi connectivity index (χ1v) is 47.2. The van der Waals surface area contributed by atoms with Gasteiger partial charge in [-0.1, -0.05) is 111 Å². The molecule has 3 aliphatic heterocycles. The Morgan fingerprint density at radius 3 is 1.56 bits per heavy atom. The third kappa shape index (κ3) is 31.3. The van der Waals surface area contributed by atoms with Gasteiger partial charge in [0.15, 0.2) is 0 Å². The van der Waals surface area contributed by atoms with Crippen LogP contribution in [0.3, 0.4) is 0 Å². The highest BCUT2D eigenvalue weighted by molar-refractivity contribution is 8.00. The van der Waals surface area contributed by atoms with E-state index in [0.29, 0.717) is 83.5 Å². The standard InChI is InChI=1S/C95H123N23O18S/c1-54(2)83(116-86(127)65(97)42-58-45-101-66-21-8-6-19-63(58)66)94(135)118-38-16-25-76(118)93(134)106-51-82(125)109-70(39-55-17-4-3-5-18-55)88(129)113-73(43-59-46-102-67-22-9-7-20-64(59)67)91(132)111-72(41-57-30-34-62(120)35-31-57)90(131)114-74(44-60-47-99-53-107-60)92(133)112-71(40-56-28-32-61(119)33-29-56)89(130)110-69(24-12-14-36-96)87(128)105-49-80(123)103-48-79(122)104-50-81(124)108-68(85(98)126)23-13-15-37-100-78(121)27-11-10-26-77-84-75(52-137-77)115-95(136)117-84/h3-9,17-22,28-35,45-47,53-54,65,68-77,83-84,101-102,119-120H,10-16,23-27,36-44,48-52,96-97H2,1-2H3,(H2,98,126)(H,99,107)(H,100,121)(H,103,123)(H,104,122)(H,105,128)(H,106,134)(H,108,124)(H,109,125)(H,110,130)(H,111,132)(H,112,133)(H,113,129)(H,114,131)(H,116,127)(H2,115,117,136)/t65-,68-,69-,70-,71-,72-,73-,74-,75-,76-,77-,83-,84-/m0/s1. The fourth-order valence-electron chi connectivity index (χ4n) is 16.7. The fraction of sp³-hybridized carbons (Fsp3) is 0.442. The average molecular weight is 1910 g/mol. The number of phenolic OH excluding ortho intramolecular Hbond substituents is 2. The predicted molar refractivity (Wildman–Crippen MR) is 508 cm³/mol. The predicted octanol–water partition coefficient (Wildman–Crippen LogP) is -0.516. The molecule has 41 nitrogen and oxygen atoms in total. The van der Waals surface area contributed by atoms with E-state index in [9.17, 15) is 67.7 Å². The largest absolute Gasteiger partial charge is 0.508 e. The Balaban J connectivity index is 0.720. The normalized spacial score (nSPS) is 16.8. The van der Waals surface area contributed by atoms with E-state index in [4.69, 9.17) is 17.2 Å². The molecular weight excluding hydrogens is 1780 g/mol. The number of rotatable bonds is 53. The summed E-state index contributed by atoms with van der Waals surface area (Å²) in [5, 5.41) is 63.0. The van der Waals surface area contributed by atoms with E-state index in [-0.39, 0.29) is 119 Å². The fourth-order valence-corrected chi connectivity index (χ4v) is 18.2. The second-order valence-corrected chi connectivity index (χ2v) is 36.1. The number of nitrogens with two attached hydrogens (primary N) is 3. The van der Waals surface area contributed by atoms with Crippen LogP contribution in [0.5, 0.6) is 11.5 Å². The number of primary amides is 1. The van der Waals surface area contributed by atoms with Crippen LogP contribution < -0.4 is 97.0 Å². The second-order valence-electron chi connectivity index (χ2n) is 34.8. The molecule has 3 aliphatic rings. The number of phenols is 2. The number of hydrogen-bond donors (Lipinski definition) is 23. The molecule has 26 N–H and O–H groups in total. The lowest BCUT2D eigenvalue weighted by Crippen LogP contribution is -2.61. The van der Waals surface area contributed by atoms with Gasteiger partial charge in [-0.25, -0.2) is 9.78 Å². The van der Waals surface area contributed by atoms with Crippen molar-refractivity contribution in [2.24, 2.45) is 23.1 Å². The number of amides is 17. The van der Waals surface area contributed by atoms with Crippen molar-refractivity contribution in [1.82, 2.24) is 105 Å². The van der Waals surface area contributed by atoms with Crippen LogP contribution in [0.4, 0.5) is 4.79 Å². The maximum absolute atomic E-state index is 15.6. The van der Waals surface area contributed by atoms with Gasteiger partial charge in [0.25, 0.3) is 0 Å². The maximum Gasteiger partial charge on any atom is 0.315 e. The molecule has 5 aromatic carbocycles. The Hall–Kier alpha value is -14.4. The molecule has 0 radical (unpaired) electrons. The number of aromatic nitrogens is 4. The summed E-state index contributed by atoms with van der Waals surface area (Å²) >= 11 is 1.81. The number of para-hydroxylation sites is 2. The number of hydrogen-bond acceptors (Lipinski definition) is 22. The van der Waals surface area contributed by atoms with Crippen molar-refractivity contribution in [2.45, 2.75) is 207 Å². The van der Waals surface area contributed by atoms with Crippen LogP contribution in [-0.4, -0.2) is 259 Å². The Labute approximate surface area is 794 Å². The zero-order valence-electron chi connectivity index (χ0n) is 76.4. The van der Waals surface area contributed by atoms with E-state index in [1.807, 2.05) is 36.0 Å². The molecule has 3 saturated heterocycles. The van der Waals surface area contributed by atoms with Gasteiger partial charge in [0.05, 0.1) is 56.3 Å². The van der Waals surface area contributed by atoms with E-state index < -0.39 is 175 Å². The van der Waals surface area contributed by atoms with Crippen LogP contribution in [0.2, 0.25) is 0 Å². The number of nitrogens with one attached hydrogen (secondary N) is 18. The number of unbranched alkanes of at least 4 members (excludes halogenated alkanes) is 3. The number of benzene rings is 5. The van der Waals surface area contributed by atoms with E-state index in [1.165, 1.54) is 66.0 Å². The van der Waals surface area contributed by atoms with Gasteiger partial charge in [0.1, 0.15) is 65.9 Å². The van der Waals surface area contributed by atoms with Crippen molar-refractivity contribution in [3.63, 3.8) is 0 Å². The molecule has 6 heterocycles. The van der Waals surface area contributed by atoms with Gasteiger partial charge in [0, 0.05) is 103 Å². The van der Waals surface area contributed by atoms with Gasteiger partial charge >= 0.3 is 6.03 Å². The van der Waals surface area contributed by atoms with Gasteiger partial charge in [0.2, 0.25) is 88.6 Å². The number of likely N-dealkylation sites (tertiary alicyclic amines) is 1. The third-order valence-electron chi connectivity index (χ3n) is 24.1. The van der Waals surface area contributed by atoms with E-state index in [2.05, 4.69) is 99.7 Å². The monoisotopic (exact) mass is 1910 g/mol. The molecule has 3 fully saturated rings. The zero-order valence-corrected chi connectivity index (χ0v) is 77.2. The molecule has 42 heteroatoms. The van der Waals surface area contributed by atoms with E-state index >= 15 is 19.2 Å². The number of imidazole rings is 1. The molecule has 13 atom stereocenters. The number of carbonyl (C=O) groups excluding carboxylic acids is 16. The molecule has 11 rings (SSSR count). The highest BCUT2D eigenvalue weighted by atomic mass is 32.2. The summed E-state index contributed by atoms with van der Waals surface area (Å²) in [6.07, 6.45) is 10.0. The van der Waals surface area contributed by atoms with Crippen LogP contribution in [0.15, 0.2) is 152 Å². The first kappa shape index (κ1) is 103. The number of H-pyrrole nitrogens is 3. The van der Waals surface area contributed by atoms with Gasteiger partial charge in [-0.05, 0) is 147 Å². The first-order valence-electron chi connectivity index (χ1n) is 46.1. The first-order chi connectivity index (χ1) is 65.9. The number of urea groups is 1. The van der Waals surface area contributed by atoms with Crippen molar-refractivity contribution in [2.75, 3.05) is 51.6 Å². The summed E-state index contributed by atoms with van der Waals surface area (Å²) in [4.78, 5) is 238. The highest BCUT2D eigenvalue weighted by Crippen LogP contribution is 2.34. The lowest BCUT2D eigenvalue weighted by molar-refractivity contribution is -0.142. The Morgan fingerprint density at radius 2 is 0.993 bits per heavy atom.